The molecule has 3 aliphatic carbocycles. The van der Waals surface area contributed by atoms with Crippen molar-refractivity contribution in [3.63, 3.8) is 0 Å². The van der Waals surface area contributed by atoms with Crippen LogP contribution in [-0.4, -0.2) is 22.1 Å². The van der Waals surface area contributed by atoms with Gasteiger partial charge in [-0.25, -0.2) is 0 Å². The molecular weight excluding hydrogens is 404 g/mol. The molecule has 7 rings (SSSR count). The van der Waals surface area contributed by atoms with E-state index in [2.05, 4.69) is 93.4 Å². The van der Waals surface area contributed by atoms with E-state index in [9.17, 15) is 0 Å². The molecule has 0 aliphatic heterocycles. The lowest BCUT2D eigenvalue weighted by molar-refractivity contribution is 0.294. The number of fused-ring (bicyclic) bond motifs is 4. The molecule has 0 bridgehead atoms. The SMILES string of the molecule is c1ccc(CN[C@@H]2C3c4ccccc4C34c3ccccc3C4[C@H]2NCc2ccccn2)nc1. The summed E-state index contributed by atoms with van der Waals surface area (Å²) in [5.74, 6) is 0.914. The van der Waals surface area contributed by atoms with Crippen LogP contribution in [0.3, 0.4) is 0 Å². The fourth-order valence-corrected chi connectivity index (χ4v) is 6.94. The molecule has 0 saturated heterocycles. The molecule has 0 radical (unpaired) electrons. The van der Waals surface area contributed by atoms with Crippen molar-refractivity contribution in [2.75, 3.05) is 0 Å². The third kappa shape index (κ3) is 2.59. The van der Waals surface area contributed by atoms with Crippen LogP contribution in [0.1, 0.15) is 45.5 Å². The van der Waals surface area contributed by atoms with Gasteiger partial charge in [-0.15, -0.1) is 0 Å². The smallest absolute Gasteiger partial charge is 0.0541 e. The predicted octanol–water partition coefficient (Wildman–Crippen LogP) is 4.29. The topological polar surface area (TPSA) is 49.8 Å². The molecule has 4 heteroatoms. The lowest BCUT2D eigenvalue weighted by Crippen LogP contribution is -2.54. The van der Waals surface area contributed by atoms with Gasteiger partial charge in [0.25, 0.3) is 0 Å². The van der Waals surface area contributed by atoms with Gasteiger partial charge in [0.05, 0.1) is 11.4 Å². The van der Waals surface area contributed by atoms with Crippen molar-refractivity contribution in [2.24, 2.45) is 0 Å². The second-order valence-corrected chi connectivity index (χ2v) is 9.45. The van der Waals surface area contributed by atoms with Crippen LogP contribution in [0.4, 0.5) is 0 Å². The fraction of sp³-hybridized carbons (Fsp3) is 0.241. The van der Waals surface area contributed by atoms with Crippen LogP contribution < -0.4 is 10.6 Å². The summed E-state index contributed by atoms with van der Waals surface area (Å²) in [7, 11) is 0. The van der Waals surface area contributed by atoms with Gasteiger partial charge in [0, 0.05) is 54.8 Å². The summed E-state index contributed by atoms with van der Waals surface area (Å²) < 4.78 is 0. The zero-order valence-corrected chi connectivity index (χ0v) is 18.4. The highest BCUT2D eigenvalue weighted by Crippen LogP contribution is 2.75. The molecule has 2 aromatic heterocycles. The van der Waals surface area contributed by atoms with E-state index in [-0.39, 0.29) is 5.41 Å². The number of rotatable bonds is 6. The summed E-state index contributed by atoms with van der Waals surface area (Å²) in [6.45, 7) is 1.54. The van der Waals surface area contributed by atoms with Crippen LogP contribution in [0.25, 0.3) is 0 Å². The van der Waals surface area contributed by atoms with Crippen molar-refractivity contribution < 1.29 is 0 Å². The lowest BCUT2D eigenvalue weighted by Gasteiger charge is -2.59. The summed E-state index contributed by atoms with van der Waals surface area (Å²) in [6.07, 6.45) is 3.75. The van der Waals surface area contributed by atoms with Crippen LogP contribution in [0.2, 0.25) is 0 Å². The number of nitrogens with zero attached hydrogens (tertiary/aromatic N) is 2. The van der Waals surface area contributed by atoms with Crippen LogP contribution in [0.15, 0.2) is 97.3 Å². The van der Waals surface area contributed by atoms with E-state index in [1.54, 1.807) is 0 Å². The molecule has 33 heavy (non-hydrogen) atoms. The third-order valence-corrected chi connectivity index (χ3v) is 8.06. The molecule has 3 aliphatic rings. The maximum atomic E-state index is 4.56. The average molecular weight is 431 g/mol. The molecule has 4 nitrogen and oxygen atoms in total. The van der Waals surface area contributed by atoms with Gasteiger partial charge in [0.1, 0.15) is 0 Å². The summed E-state index contributed by atoms with van der Waals surface area (Å²) in [5.41, 5.74) is 8.31. The van der Waals surface area contributed by atoms with Gasteiger partial charge >= 0.3 is 0 Å². The van der Waals surface area contributed by atoms with E-state index in [0.29, 0.717) is 23.9 Å². The maximum Gasteiger partial charge on any atom is 0.0541 e. The van der Waals surface area contributed by atoms with E-state index in [0.717, 1.165) is 24.5 Å². The van der Waals surface area contributed by atoms with Gasteiger partial charge < -0.3 is 10.6 Å². The zero-order valence-electron chi connectivity index (χ0n) is 18.4. The van der Waals surface area contributed by atoms with Crippen molar-refractivity contribution in [3.05, 3.63) is 131 Å². The largest absolute Gasteiger partial charge is 0.306 e. The van der Waals surface area contributed by atoms with Crippen molar-refractivity contribution in [3.8, 4) is 0 Å². The first-order valence-electron chi connectivity index (χ1n) is 11.8. The van der Waals surface area contributed by atoms with Gasteiger partial charge in [-0.05, 0) is 46.5 Å². The first-order chi connectivity index (χ1) is 16.4. The van der Waals surface area contributed by atoms with Crippen molar-refractivity contribution in [1.82, 2.24) is 20.6 Å². The van der Waals surface area contributed by atoms with Crippen LogP contribution >= 0.6 is 0 Å². The summed E-state index contributed by atoms with van der Waals surface area (Å²) in [5, 5.41) is 7.88. The van der Waals surface area contributed by atoms with E-state index in [4.69, 9.17) is 0 Å². The Labute approximate surface area is 194 Å². The normalized spacial score (nSPS) is 28.0. The Morgan fingerprint density at radius 2 is 1.03 bits per heavy atom. The molecule has 1 saturated carbocycles. The highest BCUT2D eigenvalue weighted by molar-refractivity contribution is 5.72. The monoisotopic (exact) mass is 430 g/mol. The van der Waals surface area contributed by atoms with Crippen molar-refractivity contribution >= 4 is 0 Å². The Kier molecular flexibility index (Phi) is 4.26. The second kappa shape index (κ2) is 7.34. The van der Waals surface area contributed by atoms with Gasteiger partial charge in [-0.2, -0.15) is 0 Å². The molecular formula is C29H26N4. The minimum Gasteiger partial charge on any atom is -0.306 e. The van der Waals surface area contributed by atoms with Crippen molar-refractivity contribution in [2.45, 2.75) is 42.4 Å². The van der Waals surface area contributed by atoms with E-state index >= 15 is 0 Å². The van der Waals surface area contributed by atoms with E-state index in [1.807, 2.05) is 24.5 Å². The Morgan fingerprint density at radius 1 is 0.576 bits per heavy atom. The number of aromatic nitrogens is 2. The number of hydrogen-bond acceptors (Lipinski definition) is 4. The molecule has 0 amide bonds. The summed E-state index contributed by atoms with van der Waals surface area (Å²) >= 11 is 0. The fourth-order valence-electron chi connectivity index (χ4n) is 6.94. The highest BCUT2D eigenvalue weighted by atomic mass is 15.1. The van der Waals surface area contributed by atoms with Crippen LogP contribution in [0, 0.1) is 0 Å². The minimum absolute atomic E-state index is 0.108. The van der Waals surface area contributed by atoms with Crippen LogP contribution in [0.5, 0.6) is 0 Å². The zero-order chi connectivity index (χ0) is 21.8. The molecule has 4 atom stereocenters. The van der Waals surface area contributed by atoms with Gasteiger partial charge in [0.15, 0.2) is 0 Å². The van der Waals surface area contributed by atoms with Crippen molar-refractivity contribution in [1.29, 1.82) is 0 Å². The van der Waals surface area contributed by atoms with Gasteiger partial charge in [-0.1, -0.05) is 60.7 Å². The maximum absolute atomic E-state index is 4.56. The Morgan fingerprint density at radius 3 is 1.48 bits per heavy atom. The molecule has 4 aromatic rings. The van der Waals surface area contributed by atoms with Gasteiger partial charge in [-0.3, -0.25) is 9.97 Å². The highest BCUT2D eigenvalue weighted by Gasteiger charge is 2.73. The van der Waals surface area contributed by atoms with Gasteiger partial charge in [0.2, 0.25) is 0 Å². The number of hydrogen-bond donors (Lipinski definition) is 2. The second-order valence-electron chi connectivity index (χ2n) is 9.45. The Balaban J connectivity index is 1.29. The van der Waals surface area contributed by atoms with E-state index in [1.165, 1.54) is 22.3 Å². The predicted molar refractivity (Wildman–Crippen MR) is 129 cm³/mol. The van der Waals surface area contributed by atoms with Crippen LogP contribution in [-0.2, 0) is 18.5 Å². The molecule has 1 spiro atoms. The molecule has 2 unspecified atom stereocenters. The lowest BCUT2D eigenvalue weighted by atomic mass is 9.43. The average Bonchev–Trinajstić information content (AvgIpc) is 3.07. The van der Waals surface area contributed by atoms with E-state index < -0.39 is 0 Å². The quantitative estimate of drug-likeness (QED) is 0.479. The first kappa shape index (κ1) is 19.2. The standard InChI is InChI=1S/C29H26N4/c1-3-13-23-21(11-1)25-27(32-17-19-9-5-7-15-30-19)28(33-18-20-10-6-8-16-31-20)26-22-12-2-4-14-24(22)29(23,25)26/h1-16,25-28,32-33H,17-18H2/t25?,26?,27-,28-,29?/m1/s1. The molecule has 162 valence electrons. The molecule has 2 N–H and O–H groups in total. The first-order valence-corrected chi connectivity index (χ1v) is 11.8. The number of pyridine rings is 2. The Hall–Kier alpha value is -3.34. The molecule has 1 fully saturated rings. The minimum atomic E-state index is 0.108. The third-order valence-electron chi connectivity index (χ3n) is 8.06. The summed E-state index contributed by atoms with van der Waals surface area (Å²) in [4.78, 5) is 9.13. The number of benzene rings is 2. The molecule has 2 heterocycles. The Bertz CT molecular complexity index is 1200. The molecule has 2 aromatic carbocycles. The number of nitrogens with one attached hydrogen (secondary N) is 2. The summed E-state index contributed by atoms with van der Waals surface area (Å²) in [6, 6.07) is 31.1.